The third kappa shape index (κ3) is 2.68. The molecule has 11 heavy (non-hydrogen) atoms. The number of allylic oxidation sites excluding steroid dienone is 2. The predicted octanol–water partition coefficient (Wildman–Crippen LogP) is 2.90. The summed E-state index contributed by atoms with van der Waals surface area (Å²) in [5.74, 6) is 0.397. The van der Waals surface area contributed by atoms with Crippen molar-refractivity contribution in [2.24, 2.45) is 0 Å². The van der Waals surface area contributed by atoms with E-state index >= 15 is 0 Å². The SMILES string of the molecule is CC(I)/C=C1/CCC(=O)C1I. The number of carbonyl (C=O) groups is 1. The molecule has 0 bridgehead atoms. The Morgan fingerprint density at radius 3 is 2.64 bits per heavy atom. The van der Waals surface area contributed by atoms with Crippen LogP contribution in [0, 0.1) is 0 Å². The van der Waals surface area contributed by atoms with Crippen LogP contribution in [0.1, 0.15) is 19.8 Å². The van der Waals surface area contributed by atoms with Gasteiger partial charge in [0.2, 0.25) is 0 Å². The molecule has 0 heterocycles. The van der Waals surface area contributed by atoms with Crippen molar-refractivity contribution < 1.29 is 4.79 Å². The van der Waals surface area contributed by atoms with Gasteiger partial charge in [-0.3, -0.25) is 4.79 Å². The number of hydrogen-bond donors (Lipinski definition) is 0. The zero-order valence-corrected chi connectivity index (χ0v) is 10.6. The second kappa shape index (κ2) is 4.20. The van der Waals surface area contributed by atoms with Crippen LogP contribution in [0.4, 0.5) is 0 Å². The van der Waals surface area contributed by atoms with E-state index in [0.717, 1.165) is 12.8 Å². The van der Waals surface area contributed by atoms with E-state index in [2.05, 4.69) is 58.2 Å². The van der Waals surface area contributed by atoms with Gasteiger partial charge in [0, 0.05) is 10.3 Å². The van der Waals surface area contributed by atoms with Crippen LogP contribution in [-0.2, 0) is 4.79 Å². The quantitative estimate of drug-likeness (QED) is 0.391. The van der Waals surface area contributed by atoms with Gasteiger partial charge in [-0.15, -0.1) is 0 Å². The van der Waals surface area contributed by atoms with Crippen molar-refractivity contribution in [2.75, 3.05) is 0 Å². The van der Waals surface area contributed by atoms with Crippen LogP contribution >= 0.6 is 45.2 Å². The summed E-state index contributed by atoms with van der Waals surface area (Å²) < 4.78 is 0.718. The number of carbonyl (C=O) groups excluding carboxylic acids is 1. The molecule has 0 saturated heterocycles. The lowest BCUT2D eigenvalue weighted by molar-refractivity contribution is -0.116. The van der Waals surface area contributed by atoms with Crippen molar-refractivity contribution in [1.29, 1.82) is 0 Å². The standard InChI is InChI=1S/C8H10I2O/c1-5(9)4-6-2-3-7(11)8(6)10/h4-5,8H,2-3H2,1H3/b6-4-. The van der Waals surface area contributed by atoms with E-state index in [0.29, 0.717) is 9.71 Å². The molecule has 0 N–H and O–H groups in total. The molecule has 0 aromatic heterocycles. The zero-order valence-electron chi connectivity index (χ0n) is 6.31. The average Bonchev–Trinajstić information content (AvgIpc) is 2.18. The second-order valence-corrected chi connectivity index (χ2v) is 5.96. The predicted molar refractivity (Wildman–Crippen MR) is 63.6 cm³/mol. The minimum absolute atomic E-state index is 0.171. The van der Waals surface area contributed by atoms with Crippen molar-refractivity contribution in [2.45, 2.75) is 27.6 Å². The molecule has 0 aromatic rings. The van der Waals surface area contributed by atoms with Crippen molar-refractivity contribution >= 4 is 51.0 Å². The van der Waals surface area contributed by atoms with Crippen LogP contribution in [0.25, 0.3) is 0 Å². The van der Waals surface area contributed by atoms with Crippen molar-refractivity contribution in [3.05, 3.63) is 11.6 Å². The minimum atomic E-state index is 0.171. The molecule has 1 fully saturated rings. The number of hydrogen-bond acceptors (Lipinski definition) is 1. The summed E-state index contributed by atoms with van der Waals surface area (Å²) in [6, 6.07) is 0. The Balaban J connectivity index is 2.68. The highest BCUT2D eigenvalue weighted by Gasteiger charge is 2.26. The topological polar surface area (TPSA) is 17.1 Å². The van der Waals surface area contributed by atoms with Crippen LogP contribution < -0.4 is 0 Å². The van der Waals surface area contributed by atoms with Gasteiger partial charge in [0.05, 0.1) is 3.92 Å². The number of ketones is 1. The van der Waals surface area contributed by atoms with Crippen LogP contribution in [0.15, 0.2) is 11.6 Å². The maximum atomic E-state index is 11.1. The molecule has 3 heteroatoms. The van der Waals surface area contributed by atoms with Gasteiger partial charge in [0.15, 0.2) is 0 Å². The Morgan fingerprint density at radius 1 is 1.64 bits per heavy atom. The Hall–Kier alpha value is 0.870. The monoisotopic (exact) mass is 376 g/mol. The highest BCUT2D eigenvalue weighted by molar-refractivity contribution is 14.1. The zero-order chi connectivity index (χ0) is 8.43. The lowest BCUT2D eigenvalue weighted by Gasteiger charge is -2.02. The van der Waals surface area contributed by atoms with E-state index < -0.39 is 0 Å². The Labute approximate surface area is 94.3 Å². The fourth-order valence-electron chi connectivity index (χ4n) is 1.19. The van der Waals surface area contributed by atoms with Crippen molar-refractivity contribution in [3.63, 3.8) is 0 Å². The molecule has 0 aromatic carbocycles. The first-order valence-corrected chi connectivity index (χ1v) is 6.12. The number of Topliss-reactive ketones (excluding diaryl/α,β-unsaturated/α-hetero) is 1. The van der Waals surface area contributed by atoms with E-state index in [1.807, 2.05) is 0 Å². The number of alkyl halides is 2. The van der Waals surface area contributed by atoms with E-state index in [4.69, 9.17) is 0 Å². The van der Waals surface area contributed by atoms with Gasteiger partial charge in [-0.2, -0.15) is 0 Å². The van der Waals surface area contributed by atoms with Gasteiger partial charge in [0.1, 0.15) is 5.78 Å². The molecular formula is C8H10I2O. The molecule has 1 aliphatic carbocycles. The van der Waals surface area contributed by atoms with Crippen molar-refractivity contribution in [3.8, 4) is 0 Å². The van der Waals surface area contributed by atoms with Gasteiger partial charge >= 0.3 is 0 Å². The Kier molecular flexibility index (Phi) is 3.80. The van der Waals surface area contributed by atoms with E-state index in [1.165, 1.54) is 5.57 Å². The van der Waals surface area contributed by atoms with Crippen molar-refractivity contribution in [1.82, 2.24) is 0 Å². The first-order chi connectivity index (χ1) is 5.11. The highest BCUT2D eigenvalue weighted by atomic mass is 127. The molecule has 1 nitrogen and oxygen atoms in total. The summed E-state index contributed by atoms with van der Waals surface area (Å²) >= 11 is 4.59. The lowest BCUT2D eigenvalue weighted by Crippen LogP contribution is -2.05. The molecule has 1 saturated carbocycles. The molecule has 1 aliphatic rings. The van der Waals surface area contributed by atoms with Gasteiger partial charge < -0.3 is 0 Å². The third-order valence-electron chi connectivity index (χ3n) is 1.71. The van der Waals surface area contributed by atoms with Crippen LogP contribution in [-0.4, -0.2) is 13.6 Å². The second-order valence-electron chi connectivity index (χ2n) is 2.75. The summed E-state index contributed by atoms with van der Waals surface area (Å²) in [4.78, 5) is 11.1. The van der Waals surface area contributed by atoms with E-state index in [-0.39, 0.29) is 3.92 Å². The fraction of sp³-hybridized carbons (Fsp3) is 0.625. The fourth-order valence-corrected chi connectivity index (χ4v) is 2.48. The molecule has 0 aliphatic heterocycles. The summed E-state index contributed by atoms with van der Waals surface area (Å²) in [5.41, 5.74) is 1.33. The summed E-state index contributed by atoms with van der Waals surface area (Å²) in [6.07, 6.45) is 3.95. The molecular weight excluding hydrogens is 366 g/mol. The third-order valence-corrected chi connectivity index (χ3v) is 3.57. The maximum Gasteiger partial charge on any atom is 0.150 e. The minimum Gasteiger partial charge on any atom is -0.298 e. The number of halogens is 2. The Bertz CT molecular complexity index is 196. The van der Waals surface area contributed by atoms with Gasteiger partial charge in [-0.25, -0.2) is 0 Å². The Morgan fingerprint density at radius 2 is 2.27 bits per heavy atom. The highest BCUT2D eigenvalue weighted by Crippen LogP contribution is 2.29. The molecule has 1 rings (SSSR count). The summed E-state index contributed by atoms with van der Waals surface area (Å²) in [6.45, 7) is 2.14. The number of rotatable bonds is 1. The largest absolute Gasteiger partial charge is 0.298 e. The first kappa shape index (κ1) is 9.95. The molecule has 0 spiro atoms. The summed E-state index contributed by atoms with van der Waals surface area (Å²) in [7, 11) is 0. The molecule has 0 radical (unpaired) electrons. The smallest absolute Gasteiger partial charge is 0.150 e. The van der Waals surface area contributed by atoms with E-state index in [1.54, 1.807) is 0 Å². The summed E-state index contributed by atoms with van der Waals surface area (Å²) in [5, 5.41) is 0. The van der Waals surface area contributed by atoms with Crippen LogP contribution in [0.5, 0.6) is 0 Å². The van der Waals surface area contributed by atoms with Gasteiger partial charge in [-0.1, -0.05) is 56.8 Å². The lowest BCUT2D eigenvalue weighted by atomic mass is 10.2. The van der Waals surface area contributed by atoms with Gasteiger partial charge in [0.25, 0.3) is 0 Å². The van der Waals surface area contributed by atoms with Crippen LogP contribution in [0.2, 0.25) is 0 Å². The van der Waals surface area contributed by atoms with E-state index in [9.17, 15) is 4.79 Å². The van der Waals surface area contributed by atoms with Crippen LogP contribution in [0.3, 0.4) is 0 Å². The average molecular weight is 376 g/mol. The molecule has 2 atom stereocenters. The first-order valence-electron chi connectivity index (χ1n) is 3.62. The molecule has 2 unspecified atom stereocenters. The molecule has 0 amide bonds. The maximum absolute atomic E-state index is 11.1. The normalized spacial score (nSPS) is 31.4. The molecule has 62 valence electrons. The van der Waals surface area contributed by atoms with Gasteiger partial charge in [-0.05, 0) is 13.3 Å².